The first kappa shape index (κ1) is 40.3. The molecule has 1 aromatic rings. The van der Waals surface area contributed by atoms with E-state index in [0.29, 0.717) is 19.3 Å². The van der Waals surface area contributed by atoms with Crippen molar-refractivity contribution >= 4 is 23.7 Å². The first-order valence-electron chi connectivity index (χ1n) is 18.1. The molecule has 0 saturated heterocycles. The highest BCUT2D eigenvalue weighted by molar-refractivity contribution is 5.96. The molecule has 0 spiro atoms. The van der Waals surface area contributed by atoms with E-state index < -0.39 is 17.9 Å². The zero-order chi connectivity index (χ0) is 33.1. The van der Waals surface area contributed by atoms with Crippen molar-refractivity contribution in [3.63, 3.8) is 0 Å². The van der Waals surface area contributed by atoms with Crippen LogP contribution in [0, 0.1) is 0 Å². The Morgan fingerprint density at radius 2 is 0.733 bits per heavy atom. The van der Waals surface area contributed by atoms with Crippen LogP contribution >= 0.6 is 0 Å². The lowest BCUT2D eigenvalue weighted by atomic mass is 10.1. The predicted octanol–water partition coefficient (Wildman–Crippen LogP) is 11.0. The van der Waals surface area contributed by atoms with Crippen molar-refractivity contribution in [3.05, 3.63) is 17.7 Å². The van der Waals surface area contributed by atoms with E-state index in [1.807, 2.05) is 0 Å². The quantitative estimate of drug-likeness (QED) is 0.0393. The smallest absolute Gasteiger partial charge is 0.311 e. The van der Waals surface area contributed by atoms with E-state index in [1.165, 1.54) is 76.8 Å². The third-order valence-electron chi connectivity index (χ3n) is 8.04. The summed E-state index contributed by atoms with van der Waals surface area (Å²) < 4.78 is 17.1. The summed E-state index contributed by atoms with van der Waals surface area (Å²) in [4.78, 5) is 50.9. The minimum absolute atomic E-state index is 0.0673. The van der Waals surface area contributed by atoms with Crippen LogP contribution in [0.1, 0.15) is 192 Å². The Morgan fingerprint density at radius 1 is 0.444 bits per heavy atom. The Morgan fingerprint density at radius 3 is 1.04 bits per heavy atom. The Bertz CT molecular complexity index is 931. The van der Waals surface area contributed by atoms with Gasteiger partial charge in [0, 0.05) is 24.8 Å². The predicted molar refractivity (Wildman–Crippen MR) is 181 cm³/mol. The van der Waals surface area contributed by atoms with Gasteiger partial charge in [-0.2, -0.15) is 0 Å². The monoisotopic (exact) mass is 630 g/mol. The SMILES string of the molecule is CCCCCCCCCC(=O)Oc1cc(C(C)=O)cc(OC(=O)CCCCCCCCC)c1OC(=O)CCCCCCCCC. The minimum atomic E-state index is -0.493. The summed E-state index contributed by atoms with van der Waals surface area (Å²) in [5.41, 5.74) is 0.208. The lowest BCUT2D eigenvalue weighted by Crippen LogP contribution is -2.15. The maximum Gasteiger partial charge on any atom is 0.311 e. The molecule has 256 valence electrons. The standard InChI is InChI=1S/C38H62O7/c1-5-8-11-14-17-20-23-26-35(40)43-33-29-32(31(4)39)30-34(44-36(41)27-24-21-18-15-12-9-6-2)38(33)45-37(42)28-25-22-19-16-13-10-7-3/h29-30H,5-28H2,1-4H3. The second kappa shape index (κ2) is 26.5. The van der Waals surface area contributed by atoms with Crippen LogP contribution < -0.4 is 14.2 Å². The third-order valence-corrected chi connectivity index (χ3v) is 8.04. The van der Waals surface area contributed by atoms with Crippen LogP contribution in [0.25, 0.3) is 0 Å². The number of hydrogen-bond donors (Lipinski definition) is 0. The molecule has 7 heteroatoms. The average Bonchev–Trinajstić information content (AvgIpc) is 3.01. The number of unbranched alkanes of at least 4 members (excludes halogenated alkanes) is 18. The van der Waals surface area contributed by atoms with E-state index in [0.717, 1.165) is 57.8 Å². The van der Waals surface area contributed by atoms with Crippen LogP contribution in [0.15, 0.2) is 12.1 Å². The van der Waals surface area contributed by atoms with E-state index in [4.69, 9.17) is 14.2 Å². The van der Waals surface area contributed by atoms with Gasteiger partial charge in [-0.05, 0) is 38.3 Å². The molecule has 0 heterocycles. The molecule has 0 fully saturated rings. The molecule has 0 N–H and O–H groups in total. The van der Waals surface area contributed by atoms with Crippen molar-refractivity contribution < 1.29 is 33.4 Å². The van der Waals surface area contributed by atoms with Gasteiger partial charge in [-0.25, -0.2) is 0 Å². The summed E-state index contributed by atoms with van der Waals surface area (Å²) in [6.07, 6.45) is 22.9. The number of esters is 3. The largest absolute Gasteiger partial charge is 0.422 e. The average molecular weight is 631 g/mol. The highest BCUT2D eigenvalue weighted by atomic mass is 16.6. The van der Waals surface area contributed by atoms with Gasteiger partial charge in [0.05, 0.1) is 0 Å². The molecule has 7 nitrogen and oxygen atoms in total. The first-order chi connectivity index (χ1) is 21.8. The molecule has 1 aromatic carbocycles. The van der Waals surface area contributed by atoms with Gasteiger partial charge in [0.15, 0.2) is 17.3 Å². The number of ether oxygens (including phenoxy) is 3. The summed E-state index contributed by atoms with van der Waals surface area (Å²) in [6, 6.07) is 2.80. The lowest BCUT2D eigenvalue weighted by Gasteiger charge is -2.16. The summed E-state index contributed by atoms with van der Waals surface area (Å²) in [7, 11) is 0. The van der Waals surface area contributed by atoms with Gasteiger partial charge in [-0.1, -0.05) is 136 Å². The first-order valence-corrected chi connectivity index (χ1v) is 18.1. The number of benzene rings is 1. The molecule has 0 aromatic heterocycles. The molecule has 0 amide bonds. The van der Waals surface area contributed by atoms with Gasteiger partial charge >= 0.3 is 17.9 Å². The van der Waals surface area contributed by atoms with Crippen molar-refractivity contribution in [2.24, 2.45) is 0 Å². The van der Waals surface area contributed by atoms with Gasteiger partial charge < -0.3 is 14.2 Å². The Balaban J connectivity index is 2.97. The molecular formula is C38H62O7. The summed E-state index contributed by atoms with van der Waals surface area (Å²) >= 11 is 0. The molecule has 0 aliphatic heterocycles. The second-order valence-corrected chi connectivity index (χ2v) is 12.4. The molecule has 1 rings (SSSR count). The summed E-state index contributed by atoms with van der Waals surface area (Å²) in [6.45, 7) is 7.93. The molecule has 0 aliphatic rings. The van der Waals surface area contributed by atoms with Crippen LogP contribution in [0.3, 0.4) is 0 Å². The van der Waals surface area contributed by atoms with Crippen LogP contribution in [0.4, 0.5) is 0 Å². The van der Waals surface area contributed by atoms with Crippen LogP contribution in [-0.2, 0) is 14.4 Å². The molecular weight excluding hydrogens is 568 g/mol. The number of carbonyl (C=O) groups is 4. The zero-order valence-electron chi connectivity index (χ0n) is 29.0. The van der Waals surface area contributed by atoms with Crippen molar-refractivity contribution in [1.82, 2.24) is 0 Å². The molecule has 0 atom stereocenters. The maximum atomic E-state index is 12.9. The highest BCUT2D eigenvalue weighted by Gasteiger charge is 2.23. The Hall–Kier alpha value is -2.70. The number of rotatable bonds is 28. The van der Waals surface area contributed by atoms with Gasteiger partial charge in [-0.15, -0.1) is 0 Å². The van der Waals surface area contributed by atoms with Gasteiger partial charge in [0.25, 0.3) is 0 Å². The topological polar surface area (TPSA) is 96.0 Å². The Labute approximate surface area is 273 Å². The molecule has 0 saturated carbocycles. The van der Waals surface area contributed by atoms with Gasteiger partial charge in [0.2, 0.25) is 5.75 Å². The van der Waals surface area contributed by atoms with Crippen LogP contribution in [-0.4, -0.2) is 23.7 Å². The fraction of sp³-hybridized carbons (Fsp3) is 0.737. The number of hydrogen-bond acceptors (Lipinski definition) is 7. The molecule has 0 radical (unpaired) electrons. The van der Waals surface area contributed by atoms with Crippen LogP contribution in [0.2, 0.25) is 0 Å². The van der Waals surface area contributed by atoms with E-state index in [-0.39, 0.29) is 47.9 Å². The van der Waals surface area contributed by atoms with E-state index in [2.05, 4.69) is 20.8 Å². The van der Waals surface area contributed by atoms with E-state index in [1.54, 1.807) is 0 Å². The van der Waals surface area contributed by atoms with E-state index in [9.17, 15) is 19.2 Å². The fourth-order valence-corrected chi connectivity index (χ4v) is 5.22. The zero-order valence-corrected chi connectivity index (χ0v) is 29.0. The molecule has 0 bridgehead atoms. The van der Waals surface area contributed by atoms with Gasteiger partial charge in [-0.3, -0.25) is 19.2 Å². The fourth-order valence-electron chi connectivity index (χ4n) is 5.22. The number of Topliss-reactive ketones (excluding diaryl/α,β-unsaturated/α-hetero) is 1. The van der Waals surface area contributed by atoms with Crippen molar-refractivity contribution in [2.75, 3.05) is 0 Å². The lowest BCUT2D eigenvalue weighted by molar-refractivity contribution is -0.138. The Kier molecular flexibility index (Phi) is 23.8. The van der Waals surface area contributed by atoms with Crippen molar-refractivity contribution in [2.45, 2.75) is 182 Å². The summed E-state index contributed by atoms with van der Waals surface area (Å²) in [5, 5.41) is 0. The van der Waals surface area contributed by atoms with Crippen LogP contribution in [0.5, 0.6) is 17.2 Å². The maximum absolute atomic E-state index is 12.9. The molecule has 0 aliphatic carbocycles. The third kappa shape index (κ3) is 20.1. The van der Waals surface area contributed by atoms with Crippen molar-refractivity contribution in [3.8, 4) is 17.2 Å². The number of carbonyl (C=O) groups excluding carboxylic acids is 4. The van der Waals surface area contributed by atoms with Crippen molar-refractivity contribution in [1.29, 1.82) is 0 Å². The van der Waals surface area contributed by atoms with Gasteiger partial charge in [0.1, 0.15) is 0 Å². The minimum Gasteiger partial charge on any atom is -0.422 e. The number of ketones is 1. The summed E-state index contributed by atoms with van der Waals surface area (Å²) in [5.74, 6) is -1.99. The highest BCUT2D eigenvalue weighted by Crippen LogP contribution is 2.40. The van der Waals surface area contributed by atoms with E-state index >= 15 is 0 Å². The molecule has 45 heavy (non-hydrogen) atoms. The normalized spacial score (nSPS) is 10.9. The molecule has 0 unspecified atom stereocenters. The second-order valence-electron chi connectivity index (χ2n) is 12.4.